The van der Waals surface area contributed by atoms with Crippen molar-refractivity contribution in [3.8, 4) is 16.9 Å². The maximum absolute atomic E-state index is 12.8. The molecule has 1 spiro atoms. The van der Waals surface area contributed by atoms with Gasteiger partial charge in [0.1, 0.15) is 16.4 Å². The molecule has 0 N–H and O–H groups in total. The van der Waals surface area contributed by atoms with Gasteiger partial charge < -0.3 is 14.2 Å². The summed E-state index contributed by atoms with van der Waals surface area (Å²) in [5, 5.41) is 1.50. The number of Topliss-reactive ketones (excluding diaryl/α,β-unsaturated/α-hetero) is 1. The number of thiophene rings is 1. The number of ether oxygens (including phenoxy) is 3. The van der Waals surface area contributed by atoms with Crippen LogP contribution >= 0.6 is 22.9 Å². The van der Waals surface area contributed by atoms with Crippen molar-refractivity contribution in [2.45, 2.75) is 44.6 Å². The lowest BCUT2D eigenvalue weighted by atomic mass is 9.92. The summed E-state index contributed by atoms with van der Waals surface area (Å²) in [5.41, 5.74) is 3.57. The number of amides is 1. The predicted octanol–water partition coefficient (Wildman–Crippen LogP) is 4.51. The molecule has 4 heterocycles. The Balaban J connectivity index is 1.52. The summed E-state index contributed by atoms with van der Waals surface area (Å²) in [7, 11) is 1.63. The van der Waals surface area contributed by atoms with E-state index in [9.17, 15) is 9.59 Å². The third-order valence-electron chi connectivity index (χ3n) is 6.84. The third-order valence-corrected chi connectivity index (χ3v) is 8.37. The van der Waals surface area contributed by atoms with Gasteiger partial charge in [-0.1, -0.05) is 23.7 Å². The number of nitrogens with zero attached hydrogens (tertiary/aromatic N) is 2. The molecule has 1 aliphatic carbocycles. The van der Waals surface area contributed by atoms with Crippen LogP contribution < -0.4 is 4.74 Å². The zero-order chi connectivity index (χ0) is 23.4. The number of fused-ring (bicyclic) bond motifs is 3. The molecule has 2 saturated heterocycles. The quantitative estimate of drug-likeness (QED) is 0.527. The summed E-state index contributed by atoms with van der Waals surface area (Å²) in [6.45, 7) is 1.09. The van der Waals surface area contributed by atoms with E-state index in [1.165, 1.54) is 0 Å². The maximum Gasteiger partial charge on any atom is 0.254 e. The fourth-order valence-corrected chi connectivity index (χ4v) is 6.74. The minimum absolute atomic E-state index is 0.0399. The van der Waals surface area contributed by atoms with Gasteiger partial charge in [-0.3, -0.25) is 14.5 Å². The molecule has 3 aromatic rings. The van der Waals surface area contributed by atoms with Crippen molar-refractivity contribution in [1.29, 1.82) is 0 Å². The van der Waals surface area contributed by atoms with E-state index in [2.05, 4.69) is 0 Å². The molecule has 7 nitrogen and oxygen atoms in total. The Labute approximate surface area is 205 Å². The molecule has 2 fully saturated rings. The Kier molecular flexibility index (Phi) is 5.37. The van der Waals surface area contributed by atoms with Crippen LogP contribution in [-0.2, 0) is 38.4 Å². The molecular weight excluding hydrogens is 476 g/mol. The first-order chi connectivity index (χ1) is 16.5. The first-order valence-electron chi connectivity index (χ1n) is 11.4. The number of methoxy groups -OCH3 is 1. The second-order valence-corrected chi connectivity index (χ2v) is 10.2. The largest absolute Gasteiger partial charge is 0.497 e. The van der Waals surface area contributed by atoms with Crippen molar-refractivity contribution in [2.24, 2.45) is 0 Å². The van der Waals surface area contributed by atoms with Crippen LogP contribution in [0.1, 0.15) is 35.4 Å². The van der Waals surface area contributed by atoms with E-state index >= 15 is 0 Å². The van der Waals surface area contributed by atoms with Gasteiger partial charge in [-0.15, -0.1) is 11.3 Å². The van der Waals surface area contributed by atoms with E-state index in [0.717, 1.165) is 37.5 Å². The molecule has 34 heavy (non-hydrogen) atoms. The van der Waals surface area contributed by atoms with Crippen molar-refractivity contribution < 1.29 is 23.8 Å². The lowest BCUT2D eigenvalue weighted by molar-refractivity contribution is -0.239. The number of ketones is 1. The van der Waals surface area contributed by atoms with E-state index in [1.54, 1.807) is 23.3 Å². The summed E-state index contributed by atoms with van der Waals surface area (Å²) in [5.74, 6) is -0.0692. The van der Waals surface area contributed by atoms with Crippen LogP contribution in [0.4, 0.5) is 0 Å². The average molecular weight is 499 g/mol. The molecule has 176 valence electrons. The number of halogens is 1. The molecule has 1 amide bonds. The number of benzene rings is 1. The lowest BCUT2D eigenvalue weighted by Gasteiger charge is -2.32. The van der Waals surface area contributed by atoms with Crippen molar-refractivity contribution in [3.05, 3.63) is 45.4 Å². The van der Waals surface area contributed by atoms with Crippen molar-refractivity contribution in [2.75, 3.05) is 20.3 Å². The Bertz CT molecular complexity index is 1310. The molecule has 2 aromatic heterocycles. The molecule has 9 heteroatoms. The summed E-state index contributed by atoms with van der Waals surface area (Å²) >= 11 is 8.61. The number of carbonyl (C=O) groups excluding carboxylic acids is 2. The monoisotopic (exact) mass is 498 g/mol. The molecule has 6 rings (SSSR count). The smallest absolute Gasteiger partial charge is 0.254 e. The topological polar surface area (TPSA) is 78.0 Å². The van der Waals surface area contributed by atoms with Gasteiger partial charge in [0.25, 0.3) is 5.91 Å². The first-order valence-corrected chi connectivity index (χ1v) is 12.6. The van der Waals surface area contributed by atoms with Gasteiger partial charge in [-0.05, 0) is 29.7 Å². The summed E-state index contributed by atoms with van der Waals surface area (Å²) in [6.07, 6.45) is 2.50. The van der Waals surface area contributed by atoms with Gasteiger partial charge in [-0.25, -0.2) is 4.98 Å². The Morgan fingerprint density at radius 2 is 1.91 bits per heavy atom. The minimum Gasteiger partial charge on any atom is -0.497 e. The van der Waals surface area contributed by atoms with Crippen molar-refractivity contribution in [1.82, 2.24) is 9.88 Å². The average Bonchev–Trinajstić information content (AvgIpc) is 3.53. The standard InChI is InChI=1S/C25H23ClN2O5S/c1-31-16-5-2-14(3-6-16)21-22-17-7-4-15(29)12-19(17)34-24(22)27-18(23(21)26)13-28-20(30)8-9-25(28)32-10-11-33-25/h2-3,5-6H,4,7-13H2,1H3. The highest BCUT2D eigenvalue weighted by Gasteiger charge is 2.50. The first kappa shape index (κ1) is 22.0. The second-order valence-electron chi connectivity index (χ2n) is 8.76. The summed E-state index contributed by atoms with van der Waals surface area (Å²) in [6, 6.07) is 7.76. The molecule has 0 saturated carbocycles. The van der Waals surface area contributed by atoms with Crippen LogP contribution in [0.5, 0.6) is 5.75 Å². The summed E-state index contributed by atoms with van der Waals surface area (Å²) in [4.78, 5) is 33.4. The second kappa shape index (κ2) is 8.30. The number of aromatic nitrogens is 1. The zero-order valence-corrected chi connectivity index (χ0v) is 20.3. The fourth-order valence-electron chi connectivity index (χ4n) is 5.16. The SMILES string of the molecule is COc1ccc(-c2c(Cl)c(CN3C(=O)CCC34OCCO4)nc3sc4c(c23)CCC(=O)C4)cc1. The minimum atomic E-state index is -1.03. The van der Waals surface area contributed by atoms with E-state index in [1.807, 2.05) is 24.3 Å². The van der Waals surface area contributed by atoms with E-state index in [0.29, 0.717) is 56.0 Å². The highest BCUT2D eigenvalue weighted by Crippen LogP contribution is 2.46. The molecule has 2 aliphatic heterocycles. The van der Waals surface area contributed by atoms with Crippen LogP contribution in [0, 0.1) is 0 Å². The number of rotatable bonds is 4. The van der Waals surface area contributed by atoms with Gasteiger partial charge in [0, 0.05) is 41.5 Å². The van der Waals surface area contributed by atoms with Gasteiger partial charge in [0.15, 0.2) is 0 Å². The number of aryl methyl sites for hydroxylation is 1. The highest BCUT2D eigenvalue weighted by atomic mass is 35.5. The Hall–Kier alpha value is -2.52. The van der Waals surface area contributed by atoms with Crippen LogP contribution in [0.25, 0.3) is 21.3 Å². The number of hydrogen-bond acceptors (Lipinski definition) is 7. The molecular formula is C25H23ClN2O5S. The van der Waals surface area contributed by atoms with Gasteiger partial charge in [0.2, 0.25) is 5.91 Å². The van der Waals surface area contributed by atoms with Gasteiger partial charge >= 0.3 is 0 Å². The van der Waals surface area contributed by atoms with E-state index < -0.39 is 5.91 Å². The van der Waals surface area contributed by atoms with Crippen LogP contribution in [-0.4, -0.2) is 47.8 Å². The third kappa shape index (κ3) is 3.43. The van der Waals surface area contributed by atoms with Crippen LogP contribution in [0.3, 0.4) is 0 Å². The number of likely N-dealkylation sites (tertiary alicyclic amines) is 1. The van der Waals surface area contributed by atoms with Crippen LogP contribution in [0.2, 0.25) is 5.02 Å². The normalized spacial score (nSPS) is 19.4. The predicted molar refractivity (Wildman–Crippen MR) is 128 cm³/mol. The number of pyridine rings is 1. The number of carbonyl (C=O) groups is 2. The van der Waals surface area contributed by atoms with Gasteiger partial charge in [0.05, 0.1) is 37.6 Å². The molecule has 0 atom stereocenters. The van der Waals surface area contributed by atoms with E-state index in [4.69, 9.17) is 30.8 Å². The van der Waals surface area contributed by atoms with E-state index in [-0.39, 0.29) is 18.2 Å². The maximum atomic E-state index is 12.8. The highest BCUT2D eigenvalue weighted by molar-refractivity contribution is 7.19. The zero-order valence-electron chi connectivity index (χ0n) is 18.7. The summed E-state index contributed by atoms with van der Waals surface area (Å²) < 4.78 is 17.1. The molecule has 0 bridgehead atoms. The van der Waals surface area contributed by atoms with Crippen molar-refractivity contribution in [3.63, 3.8) is 0 Å². The fraction of sp³-hybridized carbons (Fsp3) is 0.400. The van der Waals surface area contributed by atoms with Crippen molar-refractivity contribution >= 4 is 44.8 Å². The van der Waals surface area contributed by atoms with Gasteiger partial charge in [-0.2, -0.15) is 0 Å². The number of hydrogen-bond donors (Lipinski definition) is 0. The molecule has 0 radical (unpaired) electrons. The molecule has 3 aliphatic rings. The lowest BCUT2D eigenvalue weighted by Crippen LogP contribution is -2.46. The Morgan fingerprint density at radius 1 is 1.15 bits per heavy atom. The van der Waals surface area contributed by atoms with Crippen LogP contribution in [0.15, 0.2) is 24.3 Å². The Morgan fingerprint density at radius 3 is 2.65 bits per heavy atom. The molecule has 1 aromatic carbocycles. The molecule has 0 unspecified atom stereocenters.